The Morgan fingerprint density at radius 1 is 1.36 bits per heavy atom. The fraction of sp³-hybridized carbons (Fsp3) is 0.278. The number of nitrogens with zero attached hydrogens (tertiary/aromatic N) is 5. The van der Waals surface area contributed by atoms with Gasteiger partial charge in [-0.1, -0.05) is 12.1 Å². The van der Waals surface area contributed by atoms with Crippen LogP contribution in [0, 0.1) is 24.0 Å². The summed E-state index contributed by atoms with van der Waals surface area (Å²) < 4.78 is 8.22. The molecule has 2 heterocycles. The second-order valence-corrected chi connectivity index (χ2v) is 6.26. The van der Waals surface area contributed by atoms with Crippen LogP contribution in [0.1, 0.15) is 17.0 Å². The highest BCUT2D eigenvalue weighted by Crippen LogP contribution is 2.21. The van der Waals surface area contributed by atoms with Gasteiger partial charge in [-0.05, 0) is 31.5 Å². The smallest absolute Gasteiger partial charge is 0.312 e. The van der Waals surface area contributed by atoms with Gasteiger partial charge in [-0.15, -0.1) is 0 Å². The lowest BCUT2D eigenvalue weighted by molar-refractivity contribution is -0.386. The average Bonchev–Trinajstić information content (AvgIpc) is 3.18. The zero-order valence-corrected chi connectivity index (χ0v) is 15.7. The molecule has 28 heavy (non-hydrogen) atoms. The van der Waals surface area contributed by atoms with Crippen LogP contribution in [-0.4, -0.2) is 37.5 Å². The maximum Gasteiger partial charge on any atom is 0.312 e. The molecule has 1 amide bonds. The third kappa shape index (κ3) is 4.17. The fourth-order valence-corrected chi connectivity index (χ4v) is 2.91. The number of nitrogens with one attached hydrogen (secondary N) is 1. The van der Waals surface area contributed by atoms with Gasteiger partial charge >= 0.3 is 5.69 Å². The van der Waals surface area contributed by atoms with E-state index < -0.39 is 4.92 Å². The maximum absolute atomic E-state index is 12.3. The molecule has 0 fully saturated rings. The second kappa shape index (κ2) is 7.91. The number of nitro groups is 1. The largest absolute Gasteiger partial charge is 0.497 e. The molecule has 0 spiro atoms. The molecule has 3 aromatic rings. The predicted octanol–water partition coefficient (Wildman–Crippen LogP) is 2.30. The van der Waals surface area contributed by atoms with E-state index in [4.69, 9.17) is 4.74 Å². The Hall–Kier alpha value is -3.69. The van der Waals surface area contributed by atoms with Gasteiger partial charge in [0.2, 0.25) is 5.91 Å². The Balaban J connectivity index is 1.64. The first-order valence-corrected chi connectivity index (χ1v) is 8.51. The normalized spacial score (nSPS) is 10.7. The summed E-state index contributed by atoms with van der Waals surface area (Å²) in [5.41, 5.74) is 2.09. The van der Waals surface area contributed by atoms with Crippen molar-refractivity contribution < 1.29 is 14.5 Å². The van der Waals surface area contributed by atoms with Crippen LogP contribution in [0.4, 0.5) is 11.4 Å². The molecule has 2 aromatic heterocycles. The van der Waals surface area contributed by atoms with Gasteiger partial charge in [0.05, 0.1) is 30.5 Å². The van der Waals surface area contributed by atoms with Crippen LogP contribution in [0.15, 0.2) is 36.7 Å². The van der Waals surface area contributed by atoms with E-state index in [1.54, 1.807) is 38.0 Å². The predicted molar refractivity (Wildman–Crippen MR) is 101 cm³/mol. The van der Waals surface area contributed by atoms with E-state index >= 15 is 0 Å². The summed E-state index contributed by atoms with van der Waals surface area (Å²) in [5, 5.41) is 22.1. The van der Waals surface area contributed by atoms with Crippen molar-refractivity contribution in [2.45, 2.75) is 26.9 Å². The van der Waals surface area contributed by atoms with Crippen molar-refractivity contribution in [2.24, 2.45) is 0 Å². The quantitative estimate of drug-likeness (QED) is 0.493. The van der Waals surface area contributed by atoms with Gasteiger partial charge in [0.1, 0.15) is 23.7 Å². The summed E-state index contributed by atoms with van der Waals surface area (Å²) in [5.74, 6) is 0.415. The molecule has 10 nitrogen and oxygen atoms in total. The Morgan fingerprint density at radius 3 is 2.82 bits per heavy atom. The number of hydrogen-bond acceptors (Lipinski definition) is 6. The standard InChI is InChI=1S/C18H20N6O4/c1-12-18(24(26)27)13(2)23(21-12)11-17(25)20-15-8-19-22(10-15)9-14-5-4-6-16(7-14)28-3/h4-8,10H,9,11H2,1-3H3,(H,20,25). The van der Waals surface area contributed by atoms with Gasteiger partial charge in [0, 0.05) is 6.20 Å². The van der Waals surface area contributed by atoms with E-state index in [1.165, 1.54) is 4.68 Å². The molecule has 0 saturated heterocycles. The number of aryl methyl sites for hydroxylation is 1. The number of aromatic nitrogens is 4. The summed E-state index contributed by atoms with van der Waals surface area (Å²) in [4.78, 5) is 22.8. The van der Waals surface area contributed by atoms with Crippen molar-refractivity contribution in [3.8, 4) is 5.75 Å². The Kier molecular flexibility index (Phi) is 5.39. The Labute approximate surface area is 160 Å². The molecule has 0 unspecified atom stereocenters. The average molecular weight is 384 g/mol. The lowest BCUT2D eigenvalue weighted by Gasteiger charge is -2.05. The number of carbonyl (C=O) groups excluding carboxylic acids is 1. The van der Waals surface area contributed by atoms with Crippen molar-refractivity contribution in [2.75, 3.05) is 12.4 Å². The molecule has 10 heteroatoms. The first-order chi connectivity index (χ1) is 13.4. The zero-order chi connectivity index (χ0) is 20.3. The summed E-state index contributed by atoms with van der Waals surface area (Å²) in [7, 11) is 1.61. The van der Waals surface area contributed by atoms with E-state index in [-0.39, 0.29) is 23.8 Å². The van der Waals surface area contributed by atoms with Crippen LogP contribution in [-0.2, 0) is 17.9 Å². The minimum Gasteiger partial charge on any atom is -0.497 e. The molecule has 0 radical (unpaired) electrons. The zero-order valence-electron chi connectivity index (χ0n) is 15.7. The Bertz CT molecular complexity index is 1020. The summed E-state index contributed by atoms with van der Waals surface area (Å²) >= 11 is 0. The van der Waals surface area contributed by atoms with Gasteiger partial charge in [-0.25, -0.2) is 0 Å². The highest BCUT2D eigenvalue weighted by molar-refractivity contribution is 5.90. The monoisotopic (exact) mass is 384 g/mol. The molecule has 0 aliphatic carbocycles. The third-order valence-electron chi connectivity index (χ3n) is 4.21. The summed E-state index contributed by atoms with van der Waals surface area (Å²) in [6.07, 6.45) is 3.25. The molecule has 0 saturated carbocycles. The van der Waals surface area contributed by atoms with Gasteiger partial charge in [0.15, 0.2) is 0 Å². The third-order valence-corrected chi connectivity index (χ3v) is 4.21. The number of benzene rings is 1. The molecule has 0 atom stereocenters. The van der Waals surface area contributed by atoms with Crippen LogP contribution in [0.2, 0.25) is 0 Å². The lowest BCUT2D eigenvalue weighted by atomic mass is 10.2. The maximum atomic E-state index is 12.3. The van der Waals surface area contributed by atoms with Crippen molar-refractivity contribution >= 4 is 17.3 Å². The van der Waals surface area contributed by atoms with Crippen molar-refractivity contribution in [3.63, 3.8) is 0 Å². The molecule has 0 aliphatic rings. The molecule has 1 aromatic carbocycles. The van der Waals surface area contributed by atoms with Gasteiger partial charge in [0.25, 0.3) is 0 Å². The fourth-order valence-electron chi connectivity index (χ4n) is 2.91. The van der Waals surface area contributed by atoms with Gasteiger partial charge in [-0.2, -0.15) is 10.2 Å². The summed E-state index contributed by atoms with van der Waals surface area (Å²) in [6.45, 7) is 3.51. The number of ether oxygens (including phenoxy) is 1. The number of methoxy groups -OCH3 is 1. The highest BCUT2D eigenvalue weighted by atomic mass is 16.6. The number of anilines is 1. The molecule has 1 N–H and O–H groups in total. The van der Waals surface area contributed by atoms with Gasteiger partial charge in [-0.3, -0.25) is 24.3 Å². The van der Waals surface area contributed by atoms with Crippen LogP contribution in [0.25, 0.3) is 0 Å². The van der Waals surface area contributed by atoms with Crippen LogP contribution >= 0.6 is 0 Å². The van der Waals surface area contributed by atoms with E-state index in [9.17, 15) is 14.9 Å². The molecule has 0 bridgehead atoms. The van der Waals surface area contributed by atoms with Crippen LogP contribution in [0.3, 0.4) is 0 Å². The molecule has 0 aliphatic heterocycles. The molecular weight excluding hydrogens is 364 g/mol. The second-order valence-electron chi connectivity index (χ2n) is 6.26. The molecular formula is C18H20N6O4. The number of rotatable bonds is 7. The highest BCUT2D eigenvalue weighted by Gasteiger charge is 2.22. The minimum absolute atomic E-state index is 0.0705. The molecule has 146 valence electrons. The Morgan fingerprint density at radius 2 is 2.14 bits per heavy atom. The molecule has 3 rings (SSSR count). The number of hydrogen-bond donors (Lipinski definition) is 1. The topological polar surface area (TPSA) is 117 Å². The minimum atomic E-state index is -0.491. The van der Waals surface area contributed by atoms with Gasteiger partial charge < -0.3 is 10.1 Å². The van der Waals surface area contributed by atoms with E-state index in [2.05, 4.69) is 15.5 Å². The first kappa shape index (κ1) is 19.1. The lowest BCUT2D eigenvalue weighted by Crippen LogP contribution is -2.20. The number of carbonyl (C=O) groups is 1. The van der Waals surface area contributed by atoms with E-state index in [1.807, 2.05) is 24.3 Å². The van der Waals surface area contributed by atoms with Crippen LogP contribution < -0.4 is 10.1 Å². The van der Waals surface area contributed by atoms with Crippen LogP contribution in [0.5, 0.6) is 5.75 Å². The first-order valence-electron chi connectivity index (χ1n) is 8.51. The SMILES string of the molecule is COc1cccc(Cn2cc(NC(=O)Cn3nc(C)c([N+](=O)[O-])c3C)cn2)c1. The summed E-state index contributed by atoms with van der Waals surface area (Å²) in [6, 6.07) is 7.63. The number of amides is 1. The van der Waals surface area contributed by atoms with Crippen molar-refractivity contribution in [1.29, 1.82) is 0 Å². The van der Waals surface area contributed by atoms with Crippen molar-refractivity contribution in [1.82, 2.24) is 19.6 Å². The van der Waals surface area contributed by atoms with E-state index in [0.29, 0.717) is 17.9 Å². The van der Waals surface area contributed by atoms with E-state index in [0.717, 1.165) is 11.3 Å². The van der Waals surface area contributed by atoms with Crippen molar-refractivity contribution in [3.05, 3.63) is 63.7 Å².